The van der Waals surface area contributed by atoms with Crippen LogP contribution in [0.25, 0.3) is 0 Å². The van der Waals surface area contributed by atoms with E-state index in [0.29, 0.717) is 13.1 Å². The number of piperazine rings is 1. The Balaban J connectivity index is 1.30. The lowest BCUT2D eigenvalue weighted by atomic mass is 9.96. The number of hydrogen-bond donors (Lipinski definition) is 2. The number of hydrogen-bond acceptors (Lipinski definition) is 6. The summed E-state index contributed by atoms with van der Waals surface area (Å²) < 4.78 is 0. The number of nitrogens with zero attached hydrogens (tertiary/aromatic N) is 3. The summed E-state index contributed by atoms with van der Waals surface area (Å²) in [6.45, 7) is 3.15. The Morgan fingerprint density at radius 3 is 2.00 bits per heavy atom. The summed E-state index contributed by atoms with van der Waals surface area (Å²) in [4.78, 5) is 39.4. The first kappa shape index (κ1) is 24.1. The highest BCUT2D eigenvalue weighted by atomic mass is 16.6. The molecule has 0 unspecified atom stereocenters. The minimum Gasteiger partial charge on any atom is -0.292 e. The summed E-state index contributed by atoms with van der Waals surface area (Å²) in [6.07, 6.45) is 0. The lowest BCUT2D eigenvalue weighted by molar-refractivity contribution is -0.384. The van der Waals surface area contributed by atoms with Crippen molar-refractivity contribution in [3.8, 4) is 0 Å². The number of nitro benzene ring substituents is 1. The molecule has 0 aromatic heterocycles. The SMILES string of the molecule is O=C(CN1CCN(C(c2ccccc2)c2ccccc2)CC1)NNC(=O)c1cccc([N+](=O)[O-])c1. The Morgan fingerprint density at radius 1 is 0.829 bits per heavy atom. The van der Waals surface area contributed by atoms with Crippen molar-refractivity contribution in [2.75, 3.05) is 32.7 Å². The van der Waals surface area contributed by atoms with E-state index < -0.39 is 10.8 Å². The Hall–Kier alpha value is -4.08. The Bertz CT molecular complexity index is 1130. The van der Waals surface area contributed by atoms with E-state index in [2.05, 4.69) is 40.0 Å². The third-order valence-electron chi connectivity index (χ3n) is 6.00. The highest BCUT2D eigenvalue weighted by Crippen LogP contribution is 2.29. The Morgan fingerprint density at radius 2 is 1.43 bits per heavy atom. The van der Waals surface area contributed by atoms with Crippen molar-refractivity contribution in [1.29, 1.82) is 0 Å². The highest BCUT2D eigenvalue weighted by Gasteiger charge is 2.27. The molecule has 4 rings (SSSR count). The van der Waals surface area contributed by atoms with Gasteiger partial charge in [-0.25, -0.2) is 0 Å². The smallest absolute Gasteiger partial charge is 0.270 e. The van der Waals surface area contributed by atoms with Gasteiger partial charge in [0.05, 0.1) is 17.5 Å². The van der Waals surface area contributed by atoms with Gasteiger partial charge in [0.15, 0.2) is 0 Å². The van der Waals surface area contributed by atoms with Gasteiger partial charge in [-0.2, -0.15) is 0 Å². The first-order chi connectivity index (χ1) is 17.0. The van der Waals surface area contributed by atoms with Gasteiger partial charge in [0.2, 0.25) is 0 Å². The normalized spacial score (nSPS) is 14.4. The fraction of sp³-hybridized carbons (Fsp3) is 0.231. The van der Waals surface area contributed by atoms with Gasteiger partial charge in [-0.3, -0.25) is 40.4 Å². The molecule has 1 fully saturated rings. The summed E-state index contributed by atoms with van der Waals surface area (Å²) in [5.74, 6) is -0.958. The molecule has 3 aromatic rings. The fourth-order valence-electron chi connectivity index (χ4n) is 4.27. The van der Waals surface area contributed by atoms with Crippen LogP contribution in [0.3, 0.4) is 0 Å². The van der Waals surface area contributed by atoms with E-state index in [1.165, 1.54) is 29.3 Å². The highest BCUT2D eigenvalue weighted by molar-refractivity contribution is 5.96. The number of carbonyl (C=O) groups excluding carboxylic acids is 2. The number of nitrogens with one attached hydrogen (secondary N) is 2. The predicted octanol–water partition coefficient (Wildman–Crippen LogP) is 2.76. The Kier molecular flexibility index (Phi) is 7.81. The molecule has 0 bridgehead atoms. The quantitative estimate of drug-likeness (QED) is 0.404. The predicted molar refractivity (Wildman–Crippen MR) is 131 cm³/mol. The monoisotopic (exact) mass is 473 g/mol. The van der Waals surface area contributed by atoms with Gasteiger partial charge in [-0.05, 0) is 17.2 Å². The minimum atomic E-state index is -0.611. The maximum absolute atomic E-state index is 12.4. The van der Waals surface area contributed by atoms with Crippen LogP contribution < -0.4 is 10.9 Å². The number of carbonyl (C=O) groups is 2. The largest absolute Gasteiger partial charge is 0.292 e. The van der Waals surface area contributed by atoms with Crippen molar-refractivity contribution in [2.45, 2.75) is 6.04 Å². The average Bonchev–Trinajstić information content (AvgIpc) is 2.90. The van der Waals surface area contributed by atoms with Gasteiger partial charge in [0.1, 0.15) is 0 Å². The maximum Gasteiger partial charge on any atom is 0.270 e. The molecule has 1 saturated heterocycles. The maximum atomic E-state index is 12.4. The summed E-state index contributed by atoms with van der Waals surface area (Å²) >= 11 is 0. The van der Waals surface area contributed by atoms with Crippen molar-refractivity contribution in [1.82, 2.24) is 20.7 Å². The van der Waals surface area contributed by atoms with Crippen LogP contribution in [0.2, 0.25) is 0 Å². The first-order valence-electron chi connectivity index (χ1n) is 11.4. The van der Waals surface area contributed by atoms with Gasteiger partial charge < -0.3 is 0 Å². The van der Waals surface area contributed by atoms with E-state index in [0.717, 1.165) is 19.2 Å². The second-order valence-corrected chi connectivity index (χ2v) is 8.35. The van der Waals surface area contributed by atoms with Crippen LogP contribution in [0.4, 0.5) is 5.69 Å². The number of benzene rings is 3. The van der Waals surface area contributed by atoms with Crippen LogP contribution in [-0.4, -0.2) is 59.3 Å². The van der Waals surface area contributed by atoms with Crippen molar-refractivity contribution >= 4 is 17.5 Å². The van der Waals surface area contributed by atoms with E-state index in [-0.39, 0.29) is 29.7 Å². The van der Waals surface area contributed by atoms with Crippen molar-refractivity contribution in [2.24, 2.45) is 0 Å². The summed E-state index contributed by atoms with van der Waals surface area (Å²) in [5.41, 5.74) is 7.10. The second-order valence-electron chi connectivity index (χ2n) is 8.35. The average molecular weight is 474 g/mol. The van der Waals surface area contributed by atoms with E-state index in [9.17, 15) is 19.7 Å². The van der Waals surface area contributed by atoms with Crippen LogP contribution in [0.15, 0.2) is 84.9 Å². The molecular weight excluding hydrogens is 446 g/mol. The van der Waals surface area contributed by atoms with E-state index in [1.54, 1.807) is 0 Å². The third kappa shape index (κ3) is 6.28. The summed E-state index contributed by atoms with van der Waals surface area (Å²) in [7, 11) is 0. The van der Waals surface area contributed by atoms with Gasteiger partial charge >= 0.3 is 0 Å². The zero-order chi connectivity index (χ0) is 24.6. The molecule has 1 heterocycles. The molecule has 9 heteroatoms. The molecule has 0 spiro atoms. The third-order valence-corrected chi connectivity index (χ3v) is 6.00. The molecule has 35 heavy (non-hydrogen) atoms. The van der Waals surface area contributed by atoms with E-state index in [1.807, 2.05) is 41.3 Å². The minimum absolute atomic E-state index is 0.0981. The standard InChI is InChI=1S/C26H27N5O4/c32-24(27-28-26(33)22-12-7-13-23(18-22)31(34)35)19-29-14-16-30(17-15-29)25(20-8-3-1-4-9-20)21-10-5-2-6-11-21/h1-13,18,25H,14-17,19H2,(H,27,32)(H,28,33). The zero-order valence-corrected chi connectivity index (χ0v) is 19.2. The fourth-order valence-corrected chi connectivity index (χ4v) is 4.27. The van der Waals surface area contributed by atoms with E-state index >= 15 is 0 Å². The molecule has 2 N–H and O–H groups in total. The number of nitro groups is 1. The van der Waals surface area contributed by atoms with Crippen LogP contribution in [0.5, 0.6) is 0 Å². The summed E-state index contributed by atoms with van der Waals surface area (Å²) in [5, 5.41) is 10.9. The molecular formula is C26H27N5O4. The second kappa shape index (κ2) is 11.4. The Labute approximate surface area is 203 Å². The van der Waals surface area contributed by atoms with Gasteiger partial charge in [-0.1, -0.05) is 66.7 Å². The molecule has 0 aliphatic carbocycles. The molecule has 0 atom stereocenters. The van der Waals surface area contributed by atoms with E-state index in [4.69, 9.17) is 0 Å². The number of amides is 2. The van der Waals surface area contributed by atoms with Crippen molar-refractivity contribution < 1.29 is 14.5 Å². The lowest BCUT2D eigenvalue weighted by Crippen LogP contribution is -2.52. The first-order valence-corrected chi connectivity index (χ1v) is 11.4. The van der Waals surface area contributed by atoms with Crippen LogP contribution in [-0.2, 0) is 4.79 Å². The number of hydrazine groups is 1. The van der Waals surface area contributed by atoms with Crippen LogP contribution >= 0.6 is 0 Å². The molecule has 9 nitrogen and oxygen atoms in total. The number of rotatable bonds is 7. The molecule has 180 valence electrons. The zero-order valence-electron chi connectivity index (χ0n) is 19.2. The molecule has 1 aliphatic rings. The molecule has 2 amide bonds. The topological polar surface area (TPSA) is 108 Å². The van der Waals surface area contributed by atoms with Crippen molar-refractivity contribution in [3.05, 3.63) is 112 Å². The molecule has 3 aromatic carbocycles. The molecule has 1 aliphatic heterocycles. The number of non-ortho nitro benzene ring substituents is 1. The van der Waals surface area contributed by atoms with Gasteiger partial charge in [-0.15, -0.1) is 0 Å². The lowest BCUT2D eigenvalue weighted by Gasteiger charge is -2.39. The van der Waals surface area contributed by atoms with Gasteiger partial charge in [0.25, 0.3) is 17.5 Å². The molecule has 0 radical (unpaired) electrons. The van der Waals surface area contributed by atoms with Crippen molar-refractivity contribution in [3.63, 3.8) is 0 Å². The van der Waals surface area contributed by atoms with Crippen LogP contribution in [0, 0.1) is 10.1 Å². The summed E-state index contributed by atoms with van der Waals surface area (Å²) in [6, 6.07) is 26.3. The van der Waals surface area contributed by atoms with Gasteiger partial charge in [0, 0.05) is 43.9 Å². The van der Waals surface area contributed by atoms with Crippen LogP contribution in [0.1, 0.15) is 27.5 Å². The molecule has 0 saturated carbocycles.